The van der Waals surface area contributed by atoms with Crippen molar-refractivity contribution < 1.29 is 28.6 Å². The Hall–Kier alpha value is -3.55. The fourth-order valence-electron chi connectivity index (χ4n) is 4.51. The summed E-state index contributed by atoms with van der Waals surface area (Å²) in [7, 11) is 1.54. The smallest absolute Gasteiger partial charge is 0.407 e. The zero-order valence-corrected chi connectivity index (χ0v) is 21.5. The molecule has 2 N–H and O–H groups in total. The van der Waals surface area contributed by atoms with Gasteiger partial charge in [0.2, 0.25) is 0 Å². The van der Waals surface area contributed by atoms with Gasteiger partial charge in [-0.05, 0) is 64.2 Å². The Balaban J connectivity index is 1.60. The number of amides is 2. The molecule has 0 radical (unpaired) electrons. The number of hydrogen-bond donors (Lipinski definition) is 2. The van der Waals surface area contributed by atoms with Gasteiger partial charge in [0, 0.05) is 12.0 Å². The topological polar surface area (TPSA) is 103 Å². The van der Waals surface area contributed by atoms with Crippen LogP contribution in [-0.4, -0.2) is 49.9 Å². The first kappa shape index (κ1) is 27.0. The standard InChI is InChI=1S/C28H36N2O6/c1-27(2,3)36-24(31)18-29-26(33)35-21-14-16-28(17-15-21,20-10-6-5-7-11-20)19-30-25(32)22-12-8-9-13-23(22)34-4/h5-13,21H,14-19H2,1-4H3,(H,29,33)(H,30,32). The highest BCUT2D eigenvalue weighted by molar-refractivity contribution is 5.97. The van der Waals surface area contributed by atoms with Gasteiger partial charge >= 0.3 is 12.1 Å². The second-order valence-corrected chi connectivity index (χ2v) is 10.1. The van der Waals surface area contributed by atoms with Crippen LogP contribution >= 0.6 is 0 Å². The molecule has 2 amide bonds. The highest BCUT2D eigenvalue weighted by Gasteiger charge is 2.38. The minimum absolute atomic E-state index is 0.192. The van der Waals surface area contributed by atoms with Crippen LogP contribution in [0.4, 0.5) is 4.79 Å². The minimum Gasteiger partial charge on any atom is -0.496 e. The summed E-state index contributed by atoms with van der Waals surface area (Å²) >= 11 is 0. The lowest BCUT2D eigenvalue weighted by Crippen LogP contribution is -2.45. The number of hydrogen-bond acceptors (Lipinski definition) is 6. The lowest BCUT2D eigenvalue weighted by atomic mass is 9.68. The molecule has 0 unspecified atom stereocenters. The Morgan fingerprint density at radius 3 is 2.22 bits per heavy atom. The first-order valence-corrected chi connectivity index (χ1v) is 12.2. The number of para-hydroxylation sites is 1. The van der Waals surface area contributed by atoms with Gasteiger partial charge in [-0.25, -0.2) is 4.79 Å². The average Bonchev–Trinajstić information content (AvgIpc) is 2.86. The largest absolute Gasteiger partial charge is 0.496 e. The summed E-state index contributed by atoms with van der Waals surface area (Å²) < 4.78 is 16.1. The molecule has 194 valence electrons. The number of carbonyl (C=O) groups is 3. The van der Waals surface area contributed by atoms with E-state index in [1.165, 1.54) is 0 Å². The summed E-state index contributed by atoms with van der Waals surface area (Å²) in [6.07, 6.45) is 1.83. The van der Waals surface area contributed by atoms with E-state index in [4.69, 9.17) is 14.2 Å². The van der Waals surface area contributed by atoms with Crippen LogP contribution < -0.4 is 15.4 Å². The summed E-state index contributed by atoms with van der Waals surface area (Å²) in [6, 6.07) is 17.2. The van der Waals surface area contributed by atoms with Crippen molar-refractivity contribution in [3.8, 4) is 5.75 Å². The molecule has 1 saturated carbocycles. The zero-order valence-electron chi connectivity index (χ0n) is 21.5. The molecule has 8 heteroatoms. The predicted molar refractivity (Wildman–Crippen MR) is 136 cm³/mol. The van der Waals surface area contributed by atoms with Gasteiger partial charge < -0.3 is 24.8 Å². The predicted octanol–water partition coefficient (Wildman–Crippen LogP) is 4.37. The van der Waals surface area contributed by atoms with Crippen LogP contribution in [0.3, 0.4) is 0 Å². The number of esters is 1. The summed E-state index contributed by atoms with van der Waals surface area (Å²) in [5.74, 6) is -0.183. The summed E-state index contributed by atoms with van der Waals surface area (Å²) in [6.45, 7) is 5.51. The van der Waals surface area contributed by atoms with Crippen molar-refractivity contribution >= 4 is 18.0 Å². The Bertz CT molecular complexity index is 1040. The SMILES string of the molecule is COc1ccccc1C(=O)NCC1(c2ccccc2)CCC(OC(=O)NCC(=O)OC(C)(C)C)CC1. The highest BCUT2D eigenvalue weighted by atomic mass is 16.6. The second kappa shape index (κ2) is 11.9. The van der Waals surface area contributed by atoms with Crippen LogP contribution in [0, 0.1) is 0 Å². The van der Waals surface area contributed by atoms with Crippen LogP contribution in [-0.2, 0) is 19.7 Å². The third-order valence-corrected chi connectivity index (χ3v) is 6.29. The minimum atomic E-state index is -0.637. The molecule has 3 rings (SSSR count). The first-order valence-electron chi connectivity index (χ1n) is 12.2. The van der Waals surface area contributed by atoms with Crippen molar-refractivity contribution in [2.45, 2.75) is 63.6 Å². The maximum absolute atomic E-state index is 13.0. The first-order chi connectivity index (χ1) is 17.1. The summed E-state index contributed by atoms with van der Waals surface area (Å²) in [4.78, 5) is 37.0. The molecule has 1 aliphatic rings. The van der Waals surface area contributed by atoms with Gasteiger partial charge in [-0.1, -0.05) is 42.5 Å². The normalized spacial score (nSPS) is 19.6. The number of benzene rings is 2. The third kappa shape index (κ3) is 7.47. The lowest BCUT2D eigenvalue weighted by Gasteiger charge is -2.40. The molecule has 2 aromatic carbocycles. The van der Waals surface area contributed by atoms with Crippen LogP contribution in [0.2, 0.25) is 0 Å². The van der Waals surface area contributed by atoms with Crippen molar-refractivity contribution in [2.75, 3.05) is 20.2 Å². The monoisotopic (exact) mass is 496 g/mol. The van der Waals surface area contributed by atoms with E-state index in [-0.39, 0.29) is 24.0 Å². The van der Waals surface area contributed by atoms with Crippen molar-refractivity contribution in [1.82, 2.24) is 10.6 Å². The Labute approximate surface area is 212 Å². The van der Waals surface area contributed by atoms with Crippen LogP contribution in [0.1, 0.15) is 62.4 Å². The lowest BCUT2D eigenvalue weighted by molar-refractivity contribution is -0.153. The Morgan fingerprint density at radius 2 is 1.58 bits per heavy atom. The van der Waals surface area contributed by atoms with E-state index in [0.717, 1.165) is 18.4 Å². The Morgan fingerprint density at radius 1 is 0.944 bits per heavy atom. The van der Waals surface area contributed by atoms with E-state index < -0.39 is 17.7 Å². The molecule has 2 aromatic rings. The molecule has 1 aliphatic carbocycles. The molecule has 0 aromatic heterocycles. The molecule has 0 atom stereocenters. The second-order valence-electron chi connectivity index (χ2n) is 10.1. The van der Waals surface area contributed by atoms with Gasteiger partial charge in [0.15, 0.2) is 0 Å². The number of ether oxygens (including phenoxy) is 3. The maximum Gasteiger partial charge on any atom is 0.407 e. The van der Waals surface area contributed by atoms with E-state index in [1.54, 1.807) is 46.1 Å². The van der Waals surface area contributed by atoms with Crippen molar-refractivity contribution in [3.63, 3.8) is 0 Å². The van der Waals surface area contributed by atoms with Gasteiger partial charge in [-0.2, -0.15) is 0 Å². The number of carbonyl (C=O) groups excluding carboxylic acids is 3. The molecular formula is C28H36N2O6. The van der Waals surface area contributed by atoms with Crippen molar-refractivity contribution in [3.05, 3.63) is 65.7 Å². The van der Waals surface area contributed by atoms with Gasteiger partial charge in [0.25, 0.3) is 5.91 Å². The fourth-order valence-corrected chi connectivity index (χ4v) is 4.51. The third-order valence-electron chi connectivity index (χ3n) is 6.29. The molecule has 8 nitrogen and oxygen atoms in total. The maximum atomic E-state index is 13.0. The molecule has 0 heterocycles. The number of nitrogens with one attached hydrogen (secondary N) is 2. The van der Waals surface area contributed by atoms with Crippen LogP contribution in [0.15, 0.2) is 54.6 Å². The number of methoxy groups -OCH3 is 1. The fraction of sp³-hybridized carbons (Fsp3) is 0.464. The molecule has 36 heavy (non-hydrogen) atoms. The number of rotatable bonds is 8. The molecule has 0 aliphatic heterocycles. The van der Waals surface area contributed by atoms with Crippen LogP contribution in [0.5, 0.6) is 5.75 Å². The highest BCUT2D eigenvalue weighted by Crippen LogP contribution is 2.40. The summed E-state index contributed by atoms with van der Waals surface area (Å²) in [5.41, 5.74) is 0.722. The van der Waals surface area contributed by atoms with Gasteiger partial charge in [-0.3, -0.25) is 9.59 Å². The Kier molecular flexibility index (Phi) is 8.96. The molecular weight excluding hydrogens is 460 g/mol. The van der Waals surface area contributed by atoms with E-state index in [0.29, 0.717) is 30.7 Å². The van der Waals surface area contributed by atoms with Gasteiger partial charge in [-0.15, -0.1) is 0 Å². The quantitative estimate of drug-likeness (QED) is 0.526. The molecule has 0 bridgehead atoms. The van der Waals surface area contributed by atoms with E-state index in [1.807, 2.05) is 24.3 Å². The van der Waals surface area contributed by atoms with Crippen LogP contribution in [0.25, 0.3) is 0 Å². The van der Waals surface area contributed by atoms with Gasteiger partial charge in [0.1, 0.15) is 24.0 Å². The zero-order chi connectivity index (χ0) is 26.2. The molecule has 1 fully saturated rings. The van der Waals surface area contributed by atoms with E-state index in [2.05, 4.69) is 22.8 Å². The van der Waals surface area contributed by atoms with Crippen molar-refractivity contribution in [1.29, 1.82) is 0 Å². The van der Waals surface area contributed by atoms with E-state index >= 15 is 0 Å². The molecule has 0 spiro atoms. The summed E-state index contributed by atoms with van der Waals surface area (Å²) in [5, 5.41) is 5.57. The number of alkyl carbamates (subject to hydrolysis) is 1. The van der Waals surface area contributed by atoms with Crippen molar-refractivity contribution in [2.24, 2.45) is 0 Å². The molecule has 0 saturated heterocycles. The average molecular weight is 497 g/mol. The van der Waals surface area contributed by atoms with Gasteiger partial charge in [0.05, 0.1) is 12.7 Å². The van der Waals surface area contributed by atoms with E-state index in [9.17, 15) is 14.4 Å².